The molecule has 3 nitrogen and oxygen atoms in total. The summed E-state index contributed by atoms with van der Waals surface area (Å²) in [5.41, 5.74) is 5.84. The second kappa shape index (κ2) is 5.65. The molecule has 1 aliphatic carbocycles. The number of aryl methyl sites for hydroxylation is 1. The van der Waals surface area contributed by atoms with Crippen LogP contribution in [0.25, 0.3) is 0 Å². The highest BCUT2D eigenvalue weighted by atomic mass is 32.1. The molecule has 3 N–H and O–H groups in total. The number of amides is 1. The second-order valence-electron chi connectivity index (χ2n) is 4.87. The molecule has 0 atom stereocenters. The molecule has 0 spiro atoms. The Balaban J connectivity index is 1.77. The first-order chi connectivity index (χ1) is 8.13. The van der Waals surface area contributed by atoms with E-state index in [1.807, 2.05) is 6.07 Å². The zero-order chi connectivity index (χ0) is 12.3. The van der Waals surface area contributed by atoms with Crippen LogP contribution in [0.4, 0.5) is 0 Å². The molecule has 2 rings (SSSR count). The van der Waals surface area contributed by atoms with E-state index in [-0.39, 0.29) is 5.91 Å². The van der Waals surface area contributed by atoms with Crippen molar-refractivity contribution >= 4 is 17.2 Å². The molecule has 0 bridgehead atoms. The van der Waals surface area contributed by atoms with Gasteiger partial charge in [-0.1, -0.05) is 0 Å². The van der Waals surface area contributed by atoms with Gasteiger partial charge in [0.2, 0.25) is 5.91 Å². The fourth-order valence-electron chi connectivity index (χ4n) is 2.28. The van der Waals surface area contributed by atoms with E-state index in [1.54, 1.807) is 11.3 Å². The molecule has 1 saturated carbocycles. The summed E-state index contributed by atoms with van der Waals surface area (Å²) in [4.78, 5) is 14.2. The number of thiophene rings is 1. The Morgan fingerprint density at radius 3 is 2.71 bits per heavy atom. The number of nitrogens with one attached hydrogen (secondary N) is 1. The predicted molar refractivity (Wildman–Crippen MR) is 71.1 cm³/mol. The van der Waals surface area contributed by atoms with Crippen molar-refractivity contribution in [1.82, 2.24) is 5.32 Å². The average molecular weight is 252 g/mol. The molecule has 17 heavy (non-hydrogen) atoms. The summed E-state index contributed by atoms with van der Waals surface area (Å²) in [6.45, 7) is 2.06. The van der Waals surface area contributed by atoms with Gasteiger partial charge in [0.05, 0.1) is 6.42 Å². The quantitative estimate of drug-likeness (QED) is 0.864. The maximum atomic E-state index is 11.8. The van der Waals surface area contributed by atoms with Crippen molar-refractivity contribution in [1.29, 1.82) is 0 Å². The predicted octanol–water partition coefficient (Wildman–Crippen LogP) is 1.99. The summed E-state index contributed by atoms with van der Waals surface area (Å²) in [5.74, 6) is 0.146. The summed E-state index contributed by atoms with van der Waals surface area (Å²) >= 11 is 1.70. The lowest BCUT2D eigenvalue weighted by molar-refractivity contribution is -0.121. The summed E-state index contributed by atoms with van der Waals surface area (Å²) in [7, 11) is 0. The van der Waals surface area contributed by atoms with Gasteiger partial charge >= 0.3 is 0 Å². The van der Waals surface area contributed by atoms with Crippen LogP contribution in [0.5, 0.6) is 0 Å². The van der Waals surface area contributed by atoms with Gasteiger partial charge in [-0.15, -0.1) is 11.3 Å². The van der Waals surface area contributed by atoms with Crippen LogP contribution in [0.3, 0.4) is 0 Å². The summed E-state index contributed by atoms with van der Waals surface area (Å²) in [6, 6.07) is 4.77. The number of rotatable bonds is 3. The van der Waals surface area contributed by atoms with Gasteiger partial charge in [-0.25, -0.2) is 0 Å². The first-order valence-electron chi connectivity index (χ1n) is 6.24. The second-order valence-corrected chi connectivity index (χ2v) is 6.24. The van der Waals surface area contributed by atoms with Crippen LogP contribution in [-0.2, 0) is 11.2 Å². The number of hydrogen-bond acceptors (Lipinski definition) is 3. The van der Waals surface area contributed by atoms with Crippen molar-refractivity contribution < 1.29 is 4.79 Å². The normalized spacial score (nSPS) is 24.6. The van der Waals surface area contributed by atoms with Crippen LogP contribution < -0.4 is 11.1 Å². The zero-order valence-electron chi connectivity index (χ0n) is 10.2. The summed E-state index contributed by atoms with van der Waals surface area (Å²) in [6.07, 6.45) is 4.62. The molecule has 1 fully saturated rings. The third-order valence-corrected chi connectivity index (χ3v) is 4.27. The molecule has 1 aliphatic rings. The number of carbonyl (C=O) groups excluding carboxylic acids is 1. The van der Waals surface area contributed by atoms with Gasteiger partial charge in [-0.05, 0) is 44.7 Å². The molecule has 1 amide bonds. The maximum absolute atomic E-state index is 11.8. The van der Waals surface area contributed by atoms with Crippen LogP contribution in [-0.4, -0.2) is 18.0 Å². The van der Waals surface area contributed by atoms with Crippen LogP contribution in [0.2, 0.25) is 0 Å². The van der Waals surface area contributed by atoms with Crippen LogP contribution in [0, 0.1) is 6.92 Å². The zero-order valence-corrected chi connectivity index (χ0v) is 11.1. The van der Waals surface area contributed by atoms with E-state index >= 15 is 0 Å². The summed E-state index contributed by atoms with van der Waals surface area (Å²) in [5, 5.41) is 3.11. The van der Waals surface area contributed by atoms with Crippen molar-refractivity contribution in [2.45, 2.75) is 51.1 Å². The molecule has 0 aromatic carbocycles. The molecule has 0 aliphatic heterocycles. The Bertz CT molecular complexity index is 381. The van der Waals surface area contributed by atoms with E-state index in [0.717, 1.165) is 30.6 Å². The lowest BCUT2D eigenvalue weighted by Gasteiger charge is -2.26. The van der Waals surface area contributed by atoms with E-state index in [4.69, 9.17) is 5.73 Å². The molecular formula is C13H20N2OS. The highest BCUT2D eigenvalue weighted by Crippen LogP contribution is 2.18. The van der Waals surface area contributed by atoms with Crippen LogP contribution in [0.15, 0.2) is 12.1 Å². The highest BCUT2D eigenvalue weighted by Gasteiger charge is 2.20. The van der Waals surface area contributed by atoms with Gasteiger partial charge in [0, 0.05) is 21.8 Å². The number of carbonyl (C=O) groups is 1. The lowest BCUT2D eigenvalue weighted by atomic mass is 9.92. The molecule has 1 heterocycles. The molecule has 0 radical (unpaired) electrons. The molecule has 1 aromatic rings. The van der Waals surface area contributed by atoms with E-state index in [0.29, 0.717) is 18.5 Å². The minimum Gasteiger partial charge on any atom is -0.353 e. The van der Waals surface area contributed by atoms with Gasteiger partial charge in [0.1, 0.15) is 0 Å². The van der Waals surface area contributed by atoms with Gasteiger partial charge in [0.25, 0.3) is 0 Å². The molecular weight excluding hydrogens is 232 g/mol. The Hall–Kier alpha value is -0.870. The van der Waals surface area contributed by atoms with Crippen LogP contribution >= 0.6 is 11.3 Å². The SMILES string of the molecule is Cc1ccc(CC(=O)NC2CCC(N)CC2)s1. The van der Waals surface area contributed by atoms with E-state index in [1.165, 1.54) is 4.88 Å². The van der Waals surface area contributed by atoms with Crippen LogP contribution in [0.1, 0.15) is 35.4 Å². The van der Waals surface area contributed by atoms with Gasteiger partial charge in [-0.3, -0.25) is 4.79 Å². The van der Waals surface area contributed by atoms with Gasteiger partial charge in [-0.2, -0.15) is 0 Å². The van der Waals surface area contributed by atoms with Gasteiger partial charge < -0.3 is 11.1 Å². The fraction of sp³-hybridized carbons (Fsp3) is 0.615. The highest BCUT2D eigenvalue weighted by molar-refractivity contribution is 7.12. The van der Waals surface area contributed by atoms with Crippen molar-refractivity contribution in [3.8, 4) is 0 Å². The number of nitrogens with two attached hydrogens (primary N) is 1. The largest absolute Gasteiger partial charge is 0.353 e. The number of hydrogen-bond donors (Lipinski definition) is 2. The Kier molecular flexibility index (Phi) is 4.18. The van der Waals surface area contributed by atoms with Crippen molar-refractivity contribution in [3.05, 3.63) is 21.9 Å². The summed E-state index contributed by atoms with van der Waals surface area (Å²) < 4.78 is 0. The van der Waals surface area contributed by atoms with E-state index < -0.39 is 0 Å². The third-order valence-electron chi connectivity index (χ3n) is 3.27. The first kappa shape index (κ1) is 12.6. The van der Waals surface area contributed by atoms with E-state index in [2.05, 4.69) is 18.3 Å². The Labute approximate surface area is 106 Å². The van der Waals surface area contributed by atoms with E-state index in [9.17, 15) is 4.79 Å². The Morgan fingerprint density at radius 2 is 2.12 bits per heavy atom. The maximum Gasteiger partial charge on any atom is 0.225 e. The third kappa shape index (κ3) is 3.82. The molecule has 94 valence electrons. The van der Waals surface area contributed by atoms with Crippen molar-refractivity contribution in [2.24, 2.45) is 5.73 Å². The van der Waals surface area contributed by atoms with Gasteiger partial charge in [0.15, 0.2) is 0 Å². The lowest BCUT2D eigenvalue weighted by Crippen LogP contribution is -2.40. The topological polar surface area (TPSA) is 55.1 Å². The first-order valence-corrected chi connectivity index (χ1v) is 7.05. The molecule has 0 saturated heterocycles. The van der Waals surface area contributed by atoms with Crippen molar-refractivity contribution in [2.75, 3.05) is 0 Å². The Morgan fingerprint density at radius 1 is 1.41 bits per heavy atom. The average Bonchev–Trinajstić information content (AvgIpc) is 2.67. The standard InChI is InChI=1S/C13H20N2OS/c1-9-2-7-12(17-9)8-13(16)15-11-5-3-10(14)4-6-11/h2,7,10-11H,3-6,8,14H2,1H3,(H,15,16). The fourth-order valence-corrected chi connectivity index (χ4v) is 3.17. The minimum absolute atomic E-state index is 0.146. The smallest absolute Gasteiger partial charge is 0.225 e. The molecule has 1 aromatic heterocycles. The minimum atomic E-state index is 0.146. The molecule has 0 unspecified atom stereocenters. The van der Waals surface area contributed by atoms with Crippen molar-refractivity contribution in [3.63, 3.8) is 0 Å². The molecule has 4 heteroatoms. The monoisotopic (exact) mass is 252 g/mol.